The Balaban J connectivity index is 1.68. The summed E-state index contributed by atoms with van der Waals surface area (Å²) in [6.45, 7) is 0.761. The Kier molecular flexibility index (Phi) is 4.38. The van der Waals surface area contributed by atoms with Gasteiger partial charge >= 0.3 is 0 Å². The fraction of sp³-hybridized carbons (Fsp3) is 0.0909. The lowest BCUT2D eigenvalue weighted by molar-refractivity contribution is 0.539. The first-order chi connectivity index (χ1) is 12.4. The second-order valence-electron chi connectivity index (χ2n) is 5.96. The predicted molar refractivity (Wildman–Crippen MR) is 101 cm³/mol. The molecule has 0 aliphatic rings. The third kappa shape index (κ3) is 3.50. The van der Waals surface area contributed by atoms with E-state index in [0.29, 0.717) is 0 Å². The molecular weight excluding hydrogens is 306 g/mol. The van der Waals surface area contributed by atoms with Crippen LogP contribution in [0.25, 0.3) is 22.5 Å². The van der Waals surface area contributed by atoms with Gasteiger partial charge in [-0.15, -0.1) is 0 Å². The van der Waals surface area contributed by atoms with Gasteiger partial charge in [-0.25, -0.2) is 0 Å². The Morgan fingerprint density at radius 2 is 1.00 bits per heavy atom. The Labute approximate surface area is 147 Å². The topological polar surface area (TPSA) is 30.7 Å². The highest BCUT2D eigenvalue weighted by atomic mass is 15.5. The molecule has 0 N–H and O–H groups in total. The minimum Gasteiger partial charge on any atom is -0.183 e. The summed E-state index contributed by atoms with van der Waals surface area (Å²) in [6.07, 6.45) is 0.915. The van der Waals surface area contributed by atoms with E-state index in [1.165, 1.54) is 5.56 Å². The van der Waals surface area contributed by atoms with Crippen molar-refractivity contribution in [2.75, 3.05) is 0 Å². The van der Waals surface area contributed by atoms with Gasteiger partial charge in [0.25, 0.3) is 0 Å². The van der Waals surface area contributed by atoms with Gasteiger partial charge in [0, 0.05) is 11.1 Å². The van der Waals surface area contributed by atoms with Gasteiger partial charge in [0.15, 0.2) is 0 Å². The number of benzene rings is 3. The van der Waals surface area contributed by atoms with E-state index >= 15 is 0 Å². The van der Waals surface area contributed by atoms with Crippen molar-refractivity contribution in [1.29, 1.82) is 0 Å². The molecule has 0 fully saturated rings. The second-order valence-corrected chi connectivity index (χ2v) is 5.96. The van der Waals surface area contributed by atoms with Crippen LogP contribution in [-0.4, -0.2) is 15.0 Å². The summed E-state index contributed by atoms with van der Waals surface area (Å²) in [5.41, 5.74) is 5.33. The summed E-state index contributed by atoms with van der Waals surface area (Å²) in [5, 5.41) is 9.55. The maximum atomic E-state index is 4.78. The van der Waals surface area contributed by atoms with E-state index in [-0.39, 0.29) is 0 Å². The average Bonchev–Trinajstić information content (AvgIpc) is 3.13. The van der Waals surface area contributed by atoms with Crippen molar-refractivity contribution in [3.05, 3.63) is 96.6 Å². The molecule has 25 heavy (non-hydrogen) atoms. The Hall–Kier alpha value is -3.20. The van der Waals surface area contributed by atoms with E-state index in [9.17, 15) is 0 Å². The van der Waals surface area contributed by atoms with Gasteiger partial charge in [-0.2, -0.15) is 15.0 Å². The molecule has 1 aromatic heterocycles. The van der Waals surface area contributed by atoms with Crippen LogP contribution < -0.4 is 0 Å². The van der Waals surface area contributed by atoms with E-state index < -0.39 is 0 Å². The first-order valence-electron chi connectivity index (χ1n) is 8.50. The molecule has 0 atom stereocenters. The van der Waals surface area contributed by atoms with Crippen molar-refractivity contribution in [2.45, 2.75) is 13.0 Å². The van der Waals surface area contributed by atoms with Crippen molar-refractivity contribution >= 4 is 0 Å². The number of aromatic nitrogens is 3. The molecule has 1 heterocycles. The zero-order chi connectivity index (χ0) is 16.9. The monoisotopic (exact) mass is 325 g/mol. The fourth-order valence-corrected chi connectivity index (χ4v) is 2.90. The largest absolute Gasteiger partial charge is 0.183 e. The van der Waals surface area contributed by atoms with Gasteiger partial charge in [0.1, 0.15) is 11.4 Å². The van der Waals surface area contributed by atoms with E-state index in [0.717, 1.165) is 35.5 Å². The van der Waals surface area contributed by atoms with Gasteiger partial charge in [-0.3, -0.25) is 0 Å². The SMILES string of the molecule is c1ccc(CCn2nc(-c3ccccc3)c(-c3ccccc3)n2)cc1. The zero-order valence-corrected chi connectivity index (χ0v) is 13.9. The van der Waals surface area contributed by atoms with Crippen molar-refractivity contribution in [2.24, 2.45) is 0 Å². The Morgan fingerprint density at radius 3 is 1.48 bits per heavy atom. The van der Waals surface area contributed by atoms with Crippen LogP contribution in [0.2, 0.25) is 0 Å². The molecule has 3 nitrogen and oxygen atoms in total. The van der Waals surface area contributed by atoms with E-state index in [4.69, 9.17) is 10.2 Å². The smallest absolute Gasteiger partial charge is 0.121 e. The highest BCUT2D eigenvalue weighted by Gasteiger charge is 2.14. The first-order valence-corrected chi connectivity index (χ1v) is 8.50. The van der Waals surface area contributed by atoms with Gasteiger partial charge in [-0.1, -0.05) is 91.0 Å². The molecule has 0 spiro atoms. The van der Waals surface area contributed by atoms with E-state index in [2.05, 4.69) is 48.5 Å². The molecule has 0 saturated heterocycles. The molecule has 0 unspecified atom stereocenters. The lowest BCUT2D eigenvalue weighted by Gasteiger charge is -2.00. The molecule has 0 amide bonds. The van der Waals surface area contributed by atoms with Crippen LogP contribution >= 0.6 is 0 Å². The van der Waals surface area contributed by atoms with Crippen molar-refractivity contribution in [3.8, 4) is 22.5 Å². The van der Waals surface area contributed by atoms with Crippen LogP contribution in [0.5, 0.6) is 0 Å². The Morgan fingerprint density at radius 1 is 0.560 bits per heavy atom. The zero-order valence-electron chi connectivity index (χ0n) is 13.9. The van der Waals surface area contributed by atoms with Crippen LogP contribution in [0.1, 0.15) is 5.56 Å². The third-order valence-electron chi connectivity index (χ3n) is 4.19. The minimum absolute atomic E-state index is 0.761. The molecule has 0 bridgehead atoms. The first kappa shape index (κ1) is 15.3. The third-order valence-corrected chi connectivity index (χ3v) is 4.19. The van der Waals surface area contributed by atoms with Gasteiger partial charge in [0.05, 0.1) is 6.54 Å². The average molecular weight is 325 g/mol. The van der Waals surface area contributed by atoms with Gasteiger partial charge < -0.3 is 0 Å². The van der Waals surface area contributed by atoms with Crippen LogP contribution in [0.3, 0.4) is 0 Å². The van der Waals surface area contributed by atoms with Crippen molar-refractivity contribution in [1.82, 2.24) is 15.0 Å². The van der Waals surface area contributed by atoms with E-state index in [1.807, 2.05) is 47.3 Å². The fourth-order valence-electron chi connectivity index (χ4n) is 2.90. The highest BCUT2D eigenvalue weighted by molar-refractivity contribution is 5.77. The molecule has 3 aromatic carbocycles. The van der Waals surface area contributed by atoms with Crippen LogP contribution in [-0.2, 0) is 13.0 Å². The number of aryl methyl sites for hydroxylation is 2. The number of nitrogens with zero attached hydrogens (tertiary/aromatic N) is 3. The quantitative estimate of drug-likeness (QED) is 0.525. The summed E-state index contributed by atoms with van der Waals surface area (Å²) < 4.78 is 0. The Bertz CT molecular complexity index is 872. The standard InChI is InChI=1S/C22H19N3/c1-4-10-18(11-5-1)16-17-25-23-21(19-12-6-2-7-13-19)22(24-25)20-14-8-3-9-15-20/h1-15H,16-17H2. The molecular formula is C22H19N3. The molecule has 0 aliphatic carbocycles. The molecule has 0 aliphatic heterocycles. The van der Waals surface area contributed by atoms with Crippen LogP contribution in [0.4, 0.5) is 0 Å². The van der Waals surface area contributed by atoms with E-state index in [1.54, 1.807) is 0 Å². The molecule has 4 rings (SSSR count). The lowest BCUT2D eigenvalue weighted by Crippen LogP contribution is -2.05. The van der Waals surface area contributed by atoms with Crippen LogP contribution in [0, 0.1) is 0 Å². The number of hydrogen-bond acceptors (Lipinski definition) is 2. The summed E-state index contributed by atoms with van der Waals surface area (Å²) in [7, 11) is 0. The minimum atomic E-state index is 0.761. The summed E-state index contributed by atoms with van der Waals surface area (Å²) >= 11 is 0. The lowest BCUT2D eigenvalue weighted by atomic mass is 10.1. The summed E-state index contributed by atoms with van der Waals surface area (Å²) in [6, 6.07) is 31.0. The predicted octanol–water partition coefficient (Wildman–Crippen LogP) is 4.85. The number of hydrogen-bond donors (Lipinski definition) is 0. The highest BCUT2D eigenvalue weighted by Crippen LogP contribution is 2.28. The molecule has 0 radical (unpaired) electrons. The molecule has 122 valence electrons. The number of rotatable bonds is 5. The van der Waals surface area contributed by atoms with Crippen LogP contribution in [0.15, 0.2) is 91.0 Å². The molecule has 4 aromatic rings. The van der Waals surface area contributed by atoms with Crippen molar-refractivity contribution in [3.63, 3.8) is 0 Å². The maximum Gasteiger partial charge on any atom is 0.121 e. The summed E-state index contributed by atoms with van der Waals surface area (Å²) in [4.78, 5) is 1.82. The molecule has 3 heteroatoms. The molecule has 0 saturated carbocycles. The van der Waals surface area contributed by atoms with Crippen molar-refractivity contribution < 1.29 is 0 Å². The van der Waals surface area contributed by atoms with Gasteiger partial charge in [-0.05, 0) is 12.0 Å². The normalized spacial score (nSPS) is 10.7. The van der Waals surface area contributed by atoms with Gasteiger partial charge in [0.2, 0.25) is 0 Å². The summed E-state index contributed by atoms with van der Waals surface area (Å²) in [5.74, 6) is 0. The second kappa shape index (κ2) is 7.14. The maximum absolute atomic E-state index is 4.78.